The molecular formula is C23H26Cl2N4O3. The molecule has 170 valence electrons. The minimum absolute atomic E-state index is 0.218. The fraction of sp³-hybridized carbons (Fsp3) is 0.391. The molecule has 2 N–H and O–H groups in total. The number of carbonyl (C=O) groups excluding carboxylic acids is 1. The van der Waals surface area contributed by atoms with E-state index in [4.69, 9.17) is 33.0 Å². The van der Waals surface area contributed by atoms with Crippen molar-refractivity contribution in [3.63, 3.8) is 0 Å². The molecule has 2 heterocycles. The van der Waals surface area contributed by atoms with Gasteiger partial charge in [0.1, 0.15) is 11.5 Å². The lowest BCUT2D eigenvalue weighted by molar-refractivity contribution is -0.120. The second-order valence-corrected chi connectivity index (χ2v) is 8.96. The van der Waals surface area contributed by atoms with Crippen molar-refractivity contribution >= 4 is 40.5 Å². The van der Waals surface area contributed by atoms with Gasteiger partial charge < -0.3 is 9.84 Å². The summed E-state index contributed by atoms with van der Waals surface area (Å²) in [5, 5.41) is 19.1. The number of aliphatic hydroxyl groups excluding tert-OH is 1. The van der Waals surface area contributed by atoms with Crippen LogP contribution in [0.3, 0.4) is 0 Å². The number of ether oxygens (including phenoxy) is 1. The number of nitrogens with one attached hydrogen (secondary N) is 1. The van der Waals surface area contributed by atoms with Crippen molar-refractivity contribution in [1.29, 1.82) is 0 Å². The molecule has 7 nitrogen and oxygen atoms in total. The molecule has 1 amide bonds. The van der Waals surface area contributed by atoms with E-state index < -0.39 is 6.10 Å². The zero-order valence-corrected chi connectivity index (χ0v) is 19.5. The van der Waals surface area contributed by atoms with E-state index in [1.807, 2.05) is 31.2 Å². The zero-order chi connectivity index (χ0) is 22.8. The van der Waals surface area contributed by atoms with Gasteiger partial charge in [-0.25, -0.2) is 5.01 Å². The number of hydrogen-bond donors (Lipinski definition) is 2. The van der Waals surface area contributed by atoms with Crippen LogP contribution in [0.5, 0.6) is 5.75 Å². The minimum Gasteiger partial charge on any atom is -0.497 e. The van der Waals surface area contributed by atoms with Crippen LogP contribution in [0, 0.1) is 5.92 Å². The number of carbonyl (C=O) groups is 1. The van der Waals surface area contributed by atoms with Gasteiger partial charge in [0.2, 0.25) is 0 Å². The molecule has 0 aromatic heterocycles. The number of halogens is 2. The van der Waals surface area contributed by atoms with Crippen LogP contribution in [-0.2, 0) is 4.79 Å². The molecule has 2 aromatic rings. The summed E-state index contributed by atoms with van der Waals surface area (Å²) in [5.74, 6) is 0.251. The number of hydrazone groups is 1. The first kappa shape index (κ1) is 22.9. The van der Waals surface area contributed by atoms with Crippen molar-refractivity contribution in [3.05, 3.63) is 58.1 Å². The molecule has 4 rings (SSSR count). The first-order valence-electron chi connectivity index (χ1n) is 10.6. The zero-order valence-electron chi connectivity index (χ0n) is 18.0. The quantitative estimate of drug-likeness (QED) is 0.680. The van der Waals surface area contributed by atoms with Gasteiger partial charge in [0, 0.05) is 24.0 Å². The third kappa shape index (κ3) is 4.71. The highest BCUT2D eigenvalue weighted by molar-refractivity contribution is 6.41. The summed E-state index contributed by atoms with van der Waals surface area (Å²) in [4.78, 5) is 13.2. The van der Waals surface area contributed by atoms with E-state index in [0.717, 1.165) is 24.2 Å². The Kier molecular flexibility index (Phi) is 6.90. The molecule has 2 aliphatic heterocycles. The molecule has 2 aliphatic rings. The van der Waals surface area contributed by atoms with Gasteiger partial charge in [0.15, 0.2) is 0 Å². The molecule has 1 saturated heterocycles. The molecule has 9 heteroatoms. The summed E-state index contributed by atoms with van der Waals surface area (Å²) >= 11 is 12.6. The summed E-state index contributed by atoms with van der Waals surface area (Å²) in [6.07, 6.45) is 1.12. The highest BCUT2D eigenvalue weighted by Gasteiger charge is 2.40. The Morgan fingerprint density at radius 3 is 2.62 bits per heavy atom. The lowest BCUT2D eigenvalue weighted by atomic mass is 9.91. The van der Waals surface area contributed by atoms with E-state index >= 15 is 0 Å². The average Bonchev–Trinajstić information content (AvgIpc) is 3.10. The van der Waals surface area contributed by atoms with Crippen LogP contribution in [0.1, 0.15) is 31.4 Å². The molecule has 3 atom stereocenters. The largest absolute Gasteiger partial charge is 0.497 e. The minimum atomic E-state index is -0.441. The number of hydrazine groups is 1. The van der Waals surface area contributed by atoms with Gasteiger partial charge >= 0.3 is 0 Å². The Hall–Kier alpha value is -2.32. The van der Waals surface area contributed by atoms with E-state index in [2.05, 4.69) is 5.43 Å². The Morgan fingerprint density at radius 1 is 1.22 bits per heavy atom. The first-order valence-corrected chi connectivity index (χ1v) is 11.3. The van der Waals surface area contributed by atoms with Gasteiger partial charge in [-0.2, -0.15) is 5.10 Å². The predicted molar refractivity (Wildman–Crippen MR) is 126 cm³/mol. The van der Waals surface area contributed by atoms with Crippen molar-refractivity contribution in [2.75, 3.05) is 25.2 Å². The number of rotatable bonds is 5. The molecule has 0 bridgehead atoms. The van der Waals surface area contributed by atoms with Gasteiger partial charge in [-0.05, 0) is 48.7 Å². The molecule has 1 unspecified atom stereocenters. The molecule has 0 radical (unpaired) electrons. The van der Waals surface area contributed by atoms with Gasteiger partial charge in [-0.1, -0.05) is 42.3 Å². The second kappa shape index (κ2) is 9.67. The smallest absolute Gasteiger partial charge is 0.282 e. The van der Waals surface area contributed by atoms with Crippen LogP contribution < -0.4 is 15.2 Å². The molecule has 0 aliphatic carbocycles. The average molecular weight is 477 g/mol. The SMILES string of the molecule is COc1ccc([C@@H]2[C@H](C)C(C(=O)NN3CCCC(O)C3)=NN2c2ccc(Cl)cc2Cl)cc1. The van der Waals surface area contributed by atoms with Gasteiger partial charge in [-0.15, -0.1) is 0 Å². The maximum absolute atomic E-state index is 13.2. The number of amides is 1. The van der Waals surface area contributed by atoms with Gasteiger partial charge in [-0.3, -0.25) is 15.2 Å². The van der Waals surface area contributed by atoms with E-state index in [1.165, 1.54) is 0 Å². The highest BCUT2D eigenvalue weighted by Crippen LogP contribution is 2.42. The van der Waals surface area contributed by atoms with Gasteiger partial charge in [0.25, 0.3) is 5.91 Å². The molecular weight excluding hydrogens is 451 g/mol. The van der Waals surface area contributed by atoms with Crippen molar-refractivity contribution in [1.82, 2.24) is 10.4 Å². The second-order valence-electron chi connectivity index (χ2n) is 8.12. The molecule has 0 spiro atoms. The highest BCUT2D eigenvalue weighted by atomic mass is 35.5. The number of hydrogen-bond acceptors (Lipinski definition) is 6. The van der Waals surface area contributed by atoms with Gasteiger partial charge in [0.05, 0.1) is 30.0 Å². The van der Waals surface area contributed by atoms with E-state index in [-0.39, 0.29) is 17.9 Å². The maximum Gasteiger partial charge on any atom is 0.282 e. The lowest BCUT2D eigenvalue weighted by Gasteiger charge is -2.30. The van der Waals surface area contributed by atoms with Crippen LogP contribution >= 0.6 is 23.2 Å². The number of β-amino-alcohol motifs (C(OH)–C–C–N with tert-alkyl or cyclic N) is 1. The van der Waals surface area contributed by atoms with Crippen molar-refractivity contribution < 1.29 is 14.6 Å². The van der Waals surface area contributed by atoms with E-state index in [1.54, 1.807) is 35.3 Å². The van der Waals surface area contributed by atoms with E-state index in [9.17, 15) is 9.90 Å². The normalized spacial score (nSPS) is 23.7. The van der Waals surface area contributed by atoms with Crippen LogP contribution in [-0.4, -0.2) is 48.0 Å². The van der Waals surface area contributed by atoms with Crippen LogP contribution in [0.15, 0.2) is 47.6 Å². The number of anilines is 1. The standard InChI is InChI=1S/C23H26Cl2N4O3/c1-14-21(23(31)27-28-11-3-4-17(30)13-28)26-29(20-10-7-16(24)12-19(20)25)22(14)15-5-8-18(32-2)9-6-15/h5-10,12,14,17,22,30H,3-4,11,13H2,1-2H3,(H,27,31)/t14-,17?,22+/m1/s1. The Morgan fingerprint density at radius 2 is 1.97 bits per heavy atom. The third-order valence-electron chi connectivity index (χ3n) is 5.89. The predicted octanol–water partition coefficient (Wildman–Crippen LogP) is 4.04. The summed E-state index contributed by atoms with van der Waals surface area (Å²) in [5.41, 5.74) is 4.95. The molecule has 2 aromatic carbocycles. The van der Waals surface area contributed by atoms with Crippen LogP contribution in [0.2, 0.25) is 10.0 Å². The van der Waals surface area contributed by atoms with Crippen molar-refractivity contribution in [2.24, 2.45) is 11.0 Å². The number of methoxy groups -OCH3 is 1. The van der Waals surface area contributed by atoms with Crippen LogP contribution in [0.25, 0.3) is 0 Å². The number of aliphatic hydroxyl groups is 1. The maximum atomic E-state index is 13.2. The summed E-state index contributed by atoms with van der Waals surface area (Å²) in [6.45, 7) is 3.07. The first-order chi connectivity index (χ1) is 15.4. The Labute approximate surface area is 197 Å². The van der Waals surface area contributed by atoms with Crippen molar-refractivity contribution in [2.45, 2.75) is 31.9 Å². The fourth-order valence-electron chi connectivity index (χ4n) is 4.24. The van der Waals surface area contributed by atoms with Crippen molar-refractivity contribution in [3.8, 4) is 5.75 Å². The summed E-state index contributed by atoms with van der Waals surface area (Å²) in [6, 6.07) is 12.7. The van der Waals surface area contributed by atoms with Crippen LogP contribution in [0.4, 0.5) is 5.69 Å². The molecule has 32 heavy (non-hydrogen) atoms. The molecule has 0 saturated carbocycles. The Bertz CT molecular complexity index is 1010. The number of piperidine rings is 1. The third-order valence-corrected chi connectivity index (χ3v) is 6.42. The lowest BCUT2D eigenvalue weighted by Crippen LogP contribution is -2.51. The Balaban J connectivity index is 1.66. The topological polar surface area (TPSA) is 77.4 Å². The number of nitrogens with zero attached hydrogens (tertiary/aromatic N) is 3. The monoisotopic (exact) mass is 476 g/mol. The van der Waals surface area contributed by atoms with E-state index in [0.29, 0.717) is 34.5 Å². The number of benzene rings is 2. The molecule has 1 fully saturated rings. The summed E-state index contributed by atoms with van der Waals surface area (Å²) in [7, 11) is 1.62. The fourth-order valence-corrected chi connectivity index (χ4v) is 4.74. The summed E-state index contributed by atoms with van der Waals surface area (Å²) < 4.78 is 5.29.